The standard InChI is InChI=1S/C14H23NO/c1-3-10-14(2,16)12-15-11-9-13-7-5-4-6-8-13/h4-8,15-16H,3,9-12H2,1-2H3. The highest BCUT2D eigenvalue weighted by molar-refractivity contribution is 5.14. The molecule has 0 radical (unpaired) electrons. The Bertz CT molecular complexity index is 282. The lowest BCUT2D eigenvalue weighted by molar-refractivity contribution is 0.0504. The lowest BCUT2D eigenvalue weighted by Gasteiger charge is -2.23. The average Bonchev–Trinajstić information content (AvgIpc) is 2.26. The summed E-state index contributed by atoms with van der Waals surface area (Å²) in [5.41, 5.74) is 0.774. The second-order valence-electron chi connectivity index (χ2n) is 4.66. The monoisotopic (exact) mass is 221 g/mol. The molecule has 2 nitrogen and oxygen atoms in total. The van der Waals surface area contributed by atoms with Crippen molar-refractivity contribution >= 4 is 0 Å². The Morgan fingerprint density at radius 1 is 1.25 bits per heavy atom. The zero-order chi connectivity index (χ0) is 11.9. The van der Waals surface area contributed by atoms with E-state index in [9.17, 15) is 5.11 Å². The summed E-state index contributed by atoms with van der Waals surface area (Å²) in [5.74, 6) is 0. The highest BCUT2D eigenvalue weighted by Crippen LogP contribution is 2.09. The van der Waals surface area contributed by atoms with Gasteiger partial charge in [-0.1, -0.05) is 43.7 Å². The molecule has 0 aliphatic heterocycles. The van der Waals surface area contributed by atoms with Crippen LogP contribution in [-0.2, 0) is 6.42 Å². The van der Waals surface area contributed by atoms with Gasteiger partial charge in [0.2, 0.25) is 0 Å². The summed E-state index contributed by atoms with van der Waals surface area (Å²) in [6.45, 7) is 5.59. The van der Waals surface area contributed by atoms with Crippen molar-refractivity contribution in [1.29, 1.82) is 0 Å². The van der Waals surface area contributed by atoms with Crippen molar-refractivity contribution in [3.63, 3.8) is 0 Å². The second kappa shape index (κ2) is 6.66. The molecule has 2 heteroatoms. The fourth-order valence-corrected chi connectivity index (χ4v) is 1.86. The van der Waals surface area contributed by atoms with E-state index in [0.717, 1.165) is 25.8 Å². The molecule has 0 bridgehead atoms. The smallest absolute Gasteiger partial charge is 0.0743 e. The zero-order valence-electron chi connectivity index (χ0n) is 10.4. The Kier molecular flexibility index (Phi) is 5.50. The van der Waals surface area contributed by atoms with Crippen LogP contribution >= 0.6 is 0 Å². The van der Waals surface area contributed by atoms with Crippen LogP contribution in [0, 0.1) is 0 Å². The molecule has 0 amide bonds. The molecule has 1 aromatic carbocycles. The van der Waals surface area contributed by atoms with Crippen LogP contribution in [0.15, 0.2) is 30.3 Å². The van der Waals surface area contributed by atoms with E-state index >= 15 is 0 Å². The average molecular weight is 221 g/mol. The van der Waals surface area contributed by atoms with Crippen molar-refractivity contribution in [2.45, 2.75) is 38.7 Å². The minimum atomic E-state index is -0.564. The molecule has 0 aliphatic carbocycles. The Hall–Kier alpha value is -0.860. The molecule has 0 saturated heterocycles. The first-order valence-corrected chi connectivity index (χ1v) is 6.11. The molecule has 16 heavy (non-hydrogen) atoms. The van der Waals surface area contributed by atoms with Gasteiger partial charge in [0.25, 0.3) is 0 Å². The number of nitrogens with one attached hydrogen (secondary N) is 1. The van der Waals surface area contributed by atoms with E-state index in [2.05, 4.69) is 36.5 Å². The third-order valence-electron chi connectivity index (χ3n) is 2.73. The molecule has 0 saturated carbocycles. The number of hydrogen-bond acceptors (Lipinski definition) is 2. The first-order valence-electron chi connectivity index (χ1n) is 6.11. The lowest BCUT2D eigenvalue weighted by atomic mass is 10.0. The van der Waals surface area contributed by atoms with E-state index in [1.807, 2.05) is 13.0 Å². The predicted molar refractivity (Wildman–Crippen MR) is 68.5 cm³/mol. The van der Waals surface area contributed by atoms with E-state index < -0.39 is 5.60 Å². The van der Waals surface area contributed by atoms with Crippen molar-refractivity contribution in [2.24, 2.45) is 0 Å². The third-order valence-corrected chi connectivity index (χ3v) is 2.73. The molecule has 0 aromatic heterocycles. The third kappa shape index (κ3) is 5.29. The van der Waals surface area contributed by atoms with Gasteiger partial charge in [-0.05, 0) is 31.9 Å². The van der Waals surface area contributed by atoms with E-state index in [1.165, 1.54) is 5.56 Å². The number of benzene rings is 1. The van der Waals surface area contributed by atoms with E-state index in [0.29, 0.717) is 6.54 Å². The van der Waals surface area contributed by atoms with Crippen LogP contribution in [-0.4, -0.2) is 23.8 Å². The Balaban J connectivity index is 2.17. The van der Waals surface area contributed by atoms with Gasteiger partial charge in [0, 0.05) is 6.54 Å². The van der Waals surface area contributed by atoms with Crippen molar-refractivity contribution in [3.8, 4) is 0 Å². The van der Waals surface area contributed by atoms with Gasteiger partial charge in [-0.15, -0.1) is 0 Å². The van der Waals surface area contributed by atoms with Gasteiger partial charge in [-0.25, -0.2) is 0 Å². The van der Waals surface area contributed by atoms with E-state index in [4.69, 9.17) is 0 Å². The molecule has 0 heterocycles. The summed E-state index contributed by atoms with van der Waals surface area (Å²) in [5, 5.41) is 13.3. The Morgan fingerprint density at radius 3 is 2.56 bits per heavy atom. The van der Waals surface area contributed by atoms with E-state index in [1.54, 1.807) is 0 Å². The van der Waals surface area contributed by atoms with Gasteiger partial charge < -0.3 is 10.4 Å². The molecule has 1 atom stereocenters. The van der Waals surface area contributed by atoms with Crippen molar-refractivity contribution in [3.05, 3.63) is 35.9 Å². The molecule has 0 aliphatic rings. The fourth-order valence-electron chi connectivity index (χ4n) is 1.86. The van der Waals surface area contributed by atoms with Gasteiger partial charge in [0.05, 0.1) is 5.60 Å². The molecule has 0 spiro atoms. The summed E-state index contributed by atoms with van der Waals surface area (Å²) in [6.07, 6.45) is 2.89. The van der Waals surface area contributed by atoms with Crippen molar-refractivity contribution < 1.29 is 5.11 Å². The number of hydrogen-bond donors (Lipinski definition) is 2. The minimum Gasteiger partial charge on any atom is -0.389 e. The summed E-state index contributed by atoms with van der Waals surface area (Å²) >= 11 is 0. The first kappa shape index (κ1) is 13.2. The molecule has 90 valence electrons. The van der Waals surface area contributed by atoms with Crippen LogP contribution in [0.4, 0.5) is 0 Å². The van der Waals surface area contributed by atoms with Crippen LogP contribution in [0.1, 0.15) is 32.3 Å². The van der Waals surface area contributed by atoms with Crippen LogP contribution < -0.4 is 5.32 Å². The van der Waals surface area contributed by atoms with Crippen LogP contribution in [0.3, 0.4) is 0 Å². The summed E-state index contributed by atoms with van der Waals surface area (Å²) in [4.78, 5) is 0. The quantitative estimate of drug-likeness (QED) is 0.693. The molecule has 0 fully saturated rings. The molecule has 2 N–H and O–H groups in total. The SMILES string of the molecule is CCCC(C)(O)CNCCc1ccccc1. The maximum atomic E-state index is 9.95. The second-order valence-corrected chi connectivity index (χ2v) is 4.66. The van der Waals surface area contributed by atoms with E-state index in [-0.39, 0.29) is 0 Å². The fraction of sp³-hybridized carbons (Fsp3) is 0.571. The molecular weight excluding hydrogens is 198 g/mol. The Labute approximate surface area is 98.7 Å². The normalized spacial score (nSPS) is 14.7. The highest BCUT2D eigenvalue weighted by Gasteiger charge is 2.17. The van der Waals surface area contributed by atoms with Crippen molar-refractivity contribution in [1.82, 2.24) is 5.32 Å². The molecule has 1 aromatic rings. The minimum absolute atomic E-state index is 0.564. The molecular formula is C14H23NO. The predicted octanol–water partition coefficient (Wildman–Crippen LogP) is 2.37. The molecule has 1 unspecified atom stereocenters. The van der Waals surface area contributed by atoms with Crippen LogP contribution in [0.2, 0.25) is 0 Å². The van der Waals surface area contributed by atoms with Gasteiger partial charge in [-0.2, -0.15) is 0 Å². The van der Waals surface area contributed by atoms with Crippen LogP contribution in [0.5, 0.6) is 0 Å². The summed E-state index contributed by atoms with van der Waals surface area (Å²) in [6, 6.07) is 10.4. The lowest BCUT2D eigenvalue weighted by Crippen LogP contribution is -2.38. The van der Waals surface area contributed by atoms with Crippen molar-refractivity contribution in [2.75, 3.05) is 13.1 Å². The van der Waals surface area contributed by atoms with Gasteiger partial charge in [-0.3, -0.25) is 0 Å². The first-order chi connectivity index (χ1) is 7.64. The van der Waals surface area contributed by atoms with Gasteiger partial charge >= 0.3 is 0 Å². The molecule has 1 rings (SSSR count). The van der Waals surface area contributed by atoms with Crippen LogP contribution in [0.25, 0.3) is 0 Å². The maximum Gasteiger partial charge on any atom is 0.0743 e. The maximum absolute atomic E-state index is 9.95. The summed E-state index contributed by atoms with van der Waals surface area (Å²) in [7, 11) is 0. The zero-order valence-corrected chi connectivity index (χ0v) is 10.4. The topological polar surface area (TPSA) is 32.3 Å². The Morgan fingerprint density at radius 2 is 1.94 bits per heavy atom. The number of aliphatic hydroxyl groups is 1. The number of rotatable bonds is 7. The highest BCUT2D eigenvalue weighted by atomic mass is 16.3. The van der Waals surface area contributed by atoms with Gasteiger partial charge in [0.1, 0.15) is 0 Å². The largest absolute Gasteiger partial charge is 0.389 e. The summed E-state index contributed by atoms with van der Waals surface area (Å²) < 4.78 is 0. The van der Waals surface area contributed by atoms with Gasteiger partial charge in [0.15, 0.2) is 0 Å².